The van der Waals surface area contributed by atoms with E-state index in [4.69, 9.17) is 9.47 Å². The van der Waals surface area contributed by atoms with Crippen molar-refractivity contribution in [3.05, 3.63) is 72.8 Å². The molecule has 1 unspecified atom stereocenters. The third-order valence-corrected chi connectivity index (χ3v) is 7.42. The quantitative estimate of drug-likeness (QED) is 0.249. The SMILES string of the molecule is O=CN(O)C1(CS(=O)(=O)c2ccc(Oc3ccc(OC(F)(F)F)cc3)cc2)CNc2ccccc2OC1. The molecular formula is C24H21F3N2O7S. The van der Waals surface area contributed by atoms with E-state index in [0.29, 0.717) is 16.5 Å². The van der Waals surface area contributed by atoms with Gasteiger partial charge in [0.15, 0.2) is 9.84 Å². The summed E-state index contributed by atoms with van der Waals surface area (Å²) in [5.41, 5.74) is -1.05. The Kier molecular flexibility index (Phi) is 7.18. The van der Waals surface area contributed by atoms with Gasteiger partial charge in [-0.05, 0) is 60.7 Å². The van der Waals surface area contributed by atoms with E-state index in [1.807, 2.05) is 0 Å². The lowest BCUT2D eigenvalue weighted by atomic mass is 10.0. The monoisotopic (exact) mass is 538 g/mol. The molecule has 3 aromatic carbocycles. The second-order valence-corrected chi connectivity index (χ2v) is 10.2. The van der Waals surface area contributed by atoms with Crippen molar-refractivity contribution < 1.29 is 45.8 Å². The highest BCUT2D eigenvalue weighted by Crippen LogP contribution is 2.32. The van der Waals surface area contributed by atoms with Gasteiger partial charge < -0.3 is 19.5 Å². The molecule has 0 saturated carbocycles. The van der Waals surface area contributed by atoms with E-state index in [0.717, 1.165) is 12.1 Å². The first kappa shape index (κ1) is 26.1. The van der Waals surface area contributed by atoms with E-state index in [9.17, 15) is 31.6 Å². The summed E-state index contributed by atoms with van der Waals surface area (Å²) >= 11 is 0. The zero-order valence-corrected chi connectivity index (χ0v) is 19.8. The number of hydroxylamine groups is 2. The van der Waals surface area contributed by atoms with Gasteiger partial charge in [0.2, 0.25) is 6.41 Å². The Hall–Kier alpha value is -3.97. The summed E-state index contributed by atoms with van der Waals surface area (Å²) in [5.74, 6) is -0.196. The first-order chi connectivity index (χ1) is 17.5. The summed E-state index contributed by atoms with van der Waals surface area (Å²) in [6, 6.07) is 16.9. The van der Waals surface area contributed by atoms with Crippen LogP contribution in [0.15, 0.2) is 77.7 Å². The van der Waals surface area contributed by atoms with Crippen LogP contribution in [0.25, 0.3) is 0 Å². The van der Waals surface area contributed by atoms with Gasteiger partial charge in [0.05, 0.1) is 16.3 Å². The Balaban J connectivity index is 1.49. The van der Waals surface area contributed by atoms with Crippen LogP contribution in [0, 0.1) is 0 Å². The van der Waals surface area contributed by atoms with E-state index < -0.39 is 33.2 Å². The Morgan fingerprint density at radius 3 is 2.22 bits per heavy atom. The number of anilines is 1. The second kappa shape index (κ2) is 10.2. The van der Waals surface area contributed by atoms with Gasteiger partial charge >= 0.3 is 6.36 Å². The van der Waals surface area contributed by atoms with Crippen molar-refractivity contribution in [2.45, 2.75) is 16.8 Å². The average Bonchev–Trinajstić information content (AvgIpc) is 3.04. The normalized spacial score (nSPS) is 17.4. The van der Waals surface area contributed by atoms with E-state index in [1.54, 1.807) is 24.3 Å². The smallest absolute Gasteiger partial charge is 0.489 e. The molecule has 0 aromatic heterocycles. The summed E-state index contributed by atoms with van der Waals surface area (Å²) in [7, 11) is -4.05. The van der Waals surface area contributed by atoms with Crippen molar-refractivity contribution >= 4 is 21.9 Å². The maximum absolute atomic E-state index is 13.2. The molecule has 0 fully saturated rings. The average molecular weight is 539 g/mol. The lowest BCUT2D eigenvalue weighted by molar-refractivity contribution is -0.274. The molecule has 0 radical (unpaired) electrons. The highest BCUT2D eigenvalue weighted by atomic mass is 32.2. The number of para-hydroxylation sites is 2. The number of amides is 1. The molecule has 37 heavy (non-hydrogen) atoms. The van der Waals surface area contributed by atoms with Crippen molar-refractivity contribution in [3.8, 4) is 23.0 Å². The molecule has 13 heteroatoms. The van der Waals surface area contributed by atoms with Crippen LogP contribution in [-0.2, 0) is 14.6 Å². The Bertz CT molecular complexity index is 1320. The third-order valence-electron chi connectivity index (χ3n) is 5.51. The molecule has 1 aliphatic heterocycles. The maximum Gasteiger partial charge on any atom is 0.573 e. The molecule has 2 N–H and O–H groups in total. The highest BCUT2D eigenvalue weighted by Gasteiger charge is 2.44. The van der Waals surface area contributed by atoms with Crippen molar-refractivity contribution in [1.82, 2.24) is 5.06 Å². The number of rotatable bonds is 8. The van der Waals surface area contributed by atoms with Gasteiger partial charge in [-0.2, -0.15) is 0 Å². The molecule has 1 atom stereocenters. The number of alkyl halides is 3. The molecule has 0 saturated heterocycles. The second-order valence-electron chi connectivity index (χ2n) is 8.16. The zero-order chi connectivity index (χ0) is 26.7. The van der Waals surface area contributed by atoms with E-state index in [-0.39, 0.29) is 36.0 Å². The zero-order valence-electron chi connectivity index (χ0n) is 19.0. The number of carbonyl (C=O) groups excluding carboxylic acids is 1. The number of hydrogen-bond donors (Lipinski definition) is 2. The first-order valence-electron chi connectivity index (χ1n) is 10.8. The van der Waals surface area contributed by atoms with Crippen molar-refractivity contribution in [3.63, 3.8) is 0 Å². The van der Waals surface area contributed by atoms with Gasteiger partial charge in [-0.25, -0.2) is 13.5 Å². The number of fused-ring (bicyclic) bond motifs is 1. The number of benzene rings is 3. The number of sulfone groups is 1. The van der Waals surface area contributed by atoms with Gasteiger partial charge in [-0.3, -0.25) is 10.0 Å². The largest absolute Gasteiger partial charge is 0.573 e. The summed E-state index contributed by atoms with van der Waals surface area (Å²) in [5, 5.41) is 13.6. The molecule has 0 bridgehead atoms. The van der Waals surface area contributed by atoms with Gasteiger partial charge in [0.25, 0.3) is 0 Å². The topological polar surface area (TPSA) is 114 Å². The Morgan fingerprint density at radius 1 is 1.00 bits per heavy atom. The first-order valence-corrected chi connectivity index (χ1v) is 12.4. The van der Waals surface area contributed by atoms with Crippen LogP contribution in [0.5, 0.6) is 23.0 Å². The van der Waals surface area contributed by atoms with E-state index in [1.165, 1.54) is 36.4 Å². The molecule has 1 heterocycles. The van der Waals surface area contributed by atoms with Crippen molar-refractivity contribution in [2.24, 2.45) is 0 Å². The molecule has 196 valence electrons. The summed E-state index contributed by atoms with van der Waals surface area (Å²) in [6.45, 7) is -0.394. The number of nitrogens with one attached hydrogen (secondary N) is 1. The van der Waals surface area contributed by atoms with Gasteiger partial charge in [0.1, 0.15) is 35.1 Å². The molecule has 3 aromatic rings. The fraction of sp³-hybridized carbons (Fsp3) is 0.208. The van der Waals surface area contributed by atoms with Crippen LogP contribution in [0.2, 0.25) is 0 Å². The lowest BCUT2D eigenvalue weighted by Crippen LogP contribution is -2.59. The molecule has 1 amide bonds. The fourth-order valence-electron chi connectivity index (χ4n) is 3.68. The van der Waals surface area contributed by atoms with Gasteiger partial charge in [-0.15, -0.1) is 13.2 Å². The third kappa shape index (κ3) is 6.24. The number of nitrogens with zero attached hydrogens (tertiary/aromatic N) is 1. The van der Waals surface area contributed by atoms with Gasteiger partial charge in [-0.1, -0.05) is 12.1 Å². The molecular weight excluding hydrogens is 517 g/mol. The number of carbonyl (C=O) groups is 1. The molecule has 0 spiro atoms. The van der Waals surface area contributed by atoms with Crippen molar-refractivity contribution in [1.29, 1.82) is 0 Å². The molecule has 4 rings (SSSR count). The predicted octanol–water partition coefficient (Wildman–Crippen LogP) is 4.24. The van der Waals surface area contributed by atoms with Gasteiger partial charge in [0, 0.05) is 6.54 Å². The molecule has 1 aliphatic rings. The van der Waals surface area contributed by atoms with Crippen LogP contribution in [-0.4, -0.2) is 55.9 Å². The Labute approximate surface area is 209 Å². The maximum atomic E-state index is 13.2. The molecule has 0 aliphatic carbocycles. The number of halogens is 3. The summed E-state index contributed by atoms with van der Waals surface area (Å²) in [4.78, 5) is 11.3. The minimum absolute atomic E-state index is 0.103. The van der Waals surface area contributed by atoms with Crippen LogP contribution in [0.3, 0.4) is 0 Å². The highest BCUT2D eigenvalue weighted by molar-refractivity contribution is 7.91. The fourth-order valence-corrected chi connectivity index (χ4v) is 5.42. The van der Waals surface area contributed by atoms with Crippen LogP contribution in [0.1, 0.15) is 0 Å². The number of ether oxygens (including phenoxy) is 3. The summed E-state index contributed by atoms with van der Waals surface area (Å²) < 4.78 is 78.4. The lowest BCUT2D eigenvalue weighted by Gasteiger charge is -2.35. The molecule has 9 nitrogen and oxygen atoms in total. The number of hydrogen-bond acceptors (Lipinski definition) is 8. The minimum atomic E-state index is -4.82. The van der Waals surface area contributed by atoms with E-state index in [2.05, 4.69) is 10.1 Å². The van der Waals surface area contributed by atoms with E-state index >= 15 is 0 Å². The summed E-state index contributed by atoms with van der Waals surface area (Å²) in [6.07, 6.45) is -4.69. The minimum Gasteiger partial charge on any atom is -0.489 e. The van der Waals surface area contributed by atoms with Crippen LogP contribution >= 0.6 is 0 Å². The standard InChI is InChI=1S/C24H21F3N2O7S/c25-24(26,27)36-19-7-5-17(6-8-19)35-18-9-11-20(12-10-18)37(32,33)15-23(29(31)16-30)13-28-21-3-1-2-4-22(21)34-14-23/h1-12,16,28,31H,13-15H2. The predicted molar refractivity (Wildman–Crippen MR) is 125 cm³/mol. The van der Waals surface area contributed by atoms with Crippen molar-refractivity contribution in [2.75, 3.05) is 24.2 Å². The van der Waals surface area contributed by atoms with Crippen LogP contribution < -0.4 is 19.5 Å². The Morgan fingerprint density at radius 2 is 1.59 bits per heavy atom. The van der Waals surface area contributed by atoms with Crippen LogP contribution in [0.4, 0.5) is 18.9 Å².